The van der Waals surface area contributed by atoms with Gasteiger partial charge in [-0.1, -0.05) is 24.3 Å². The molecular formula is C29H35N7O2. The largest absolute Gasteiger partial charge is 0.508 e. The van der Waals surface area contributed by atoms with Gasteiger partial charge in [0.05, 0.1) is 30.3 Å². The third kappa shape index (κ3) is 4.70. The van der Waals surface area contributed by atoms with E-state index in [9.17, 15) is 10.4 Å². The Morgan fingerprint density at radius 3 is 2.82 bits per heavy atom. The third-order valence-corrected chi connectivity index (χ3v) is 8.33. The minimum Gasteiger partial charge on any atom is -0.508 e. The molecule has 1 saturated heterocycles. The summed E-state index contributed by atoms with van der Waals surface area (Å²) in [5, 5.41) is 25.3. The molecule has 3 aromatic rings. The van der Waals surface area contributed by atoms with Crippen molar-refractivity contribution in [3.63, 3.8) is 0 Å². The molecule has 1 atom stereocenters. The zero-order valence-electron chi connectivity index (χ0n) is 22.2. The number of benzene rings is 2. The van der Waals surface area contributed by atoms with Gasteiger partial charge in [-0.15, -0.1) is 0 Å². The van der Waals surface area contributed by atoms with Crippen molar-refractivity contribution < 1.29 is 9.84 Å². The van der Waals surface area contributed by atoms with Crippen molar-refractivity contribution >= 4 is 22.3 Å². The molecule has 1 saturated carbocycles. The zero-order valence-corrected chi connectivity index (χ0v) is 22.2. The highest BCUT2D eigenvalue weighted by molar-refractivity contribution is 5.95. The van der Waals surface area contributed by atoms with Crippen molar-refractivity contribution in [2.75, 3.05) is 56.7 Å². The van der Waals surface area contributed by atoms with E-state index >= 15 is 0 Å². The van der Waals surface area contributed by atoms with Crippen molar-refractivity contribution in [3.8, 4) is 17.8 Å². The lowest BCUT2D eigenvalue weighted by Crippen LogP contribution is -2.51. The second kappa shape index (κ2) is 9.93. The molecule has 0 radical (unpaired) electrons. The summed E-state index contributed by atoms with van der Waals surface area (Å²) in [5.41, 5.74) is 3.20. The monoisotopic (exact) mass is 513 g/mol. The third-order valence-electron chi connectivity index (χ3n) is 8.33. The van der Waals surface area contributed by atoms with Crippen LogP contribution in [0.4, 0.5) is 11.5 Å². The van der Waals surface area contributed by atoms with Gasteiger partial charge in [0.15, 0.2) is 0 Å². The molecule has 6 rings (SSSR count). The van der Waals surface area contributed by atoms with Crippen LogP contribution in [0.5, 0.6) is 11.8 Å². The van der Waals surface area contributed by atoms with Crippen LogP contribution in [0.1, 0.15) is 30.5 Å². The fraction of sp³-hybridized carbons (Fsp3) is 0.483. The van der Waals surface area contributed by atoms with Gasteiger partial charge in [-0.3, -0.25) is 0 Å². The SMILES string of the molecule is CN(C)C1(COc2nc3c(c(N4CCN[C@@H](CC#N)C4)n2)CCN(c2cc(O)cc4ccccc24)C3)CC1. The van der Waals surface area contributed by atoms with Crippen LogP contribution in [0.15, 0.2) is 36.4 Å². The number of ether oxygens (including phenoxy) is 1. The number of aromatic hydroxyl groups is 1. The Hall–Kier alpha value is -3.61. The first kappa shape index (κ1) is 24.7. The van der Waals surface area contributed by atoms with E-state index in [0.717, 1.165) is 79.0 Å². The first-order valence-corrected chi connectivity index (χ1v) is 13.5. The molecule has 3 aliphatic rings. The fourth-order valence-electron chi connectivity index (χ4n) is 5.79. The number of nitrogens with one attached hydrogen (secondary N) is 1. The molecule has 1 aliphatic carbocycles. The Morgan fingerprint density at radius 1 is 1.18 bits per heavy atom. The number of likely N-dealkylation sites (N-methyl/N-ethyl adjacent to an activating group) is 1. The topological polar surface area (TPSA) is 101 Å². The average molecular weight is 514 g/mol. The van der Waals surface area contributed by atoms with Crippen molar-refractivity contribution in [2.45, 2.75) is 43.8 Å². The lowest BCUT2D eigenvalue weighted by atomic mass is 10.0. The van der Waals surface area contributed by atoms with Gasteiger partial charge in [-0.2, -0.15) is 15.2 Å². The van der Waals surface area contributed by atoms with Crippen LogP contribution in [0.3, 0.4) is 0 Å². The maximum Gasteiger partial charge on any atom is 0.318 e. The summed E-state index contributed by atoms with van der Waals surface area (Å²) in [7, 11) is 4.20. The number of nitriles is 1. The van der Waals surface area contributed by atoms with E-state index in [1.807, 2.05) is 30.3 Å². The molecular weight excluding hydrogens is 478 g/mol. The normalized spacial score (nSPS) is 20.3. The summed E-state index contributed by atoms with van der Waals surface area (Å²) in [5.74, 6) is 1.20. The Morgan fingerprint density at radius 2 is 2.03 bits per heavy atom. The molecule has 198 valence electrons. The van der Waals surface area contributed by atoms with E-state index in [1.165, 1.54) is 0 Å². The number of hydrogen-bond donors (Lipinski definition) is 2. The van der Waals surface area contributed by atoms with Gasteiger partial charge in [-0.25, -0.2) is 0 Å². The number of fused-ring (bicyclic) bond motifs is 2. The van der Waals surface area contributed by atoms with Gasteiger partial charge in [0.2, 0.25) is 0 Å². The van der Waals surface area contributed by atoms with Crippen molar-refractivity contribution in [2.24, 2.45) is 0 Å². The molecule has 3 heterocycles. The van der Waals surface area contributed by atoms with Gasteiger partial charge >= 0.3 is 6.01 Å². The van der Waals surface area contributed by atoms with E-state index in [2.05, 4.69) is 46.2 Å². The van der Waals surface area contributed by atoms with E-state index < -0.39 is 0 Å². The smallest absolute Gasteiger partial charge is 0.318 e. The van der Waals surface area contributed by atoms with Crippen molar-refractivity contribution in [1.29, 1.82) is 5.26 Å². The fourth-order valence-corrected chi connectivity index (χ4v) is 5.79. The van der Waals surface area contributed by atoms with Crippen LogP contribution in [0, 0.1) is 11.3 Å². The maximum atomic E-state index is 10.4. The molecule has 0 bridgehead atoms. The highest BCUT2D eigenvalue weighted by atomic mass is 16.5. The maximum absolute atomic E-state index is 10.4. The minimum atomic E-state index is 0.0683. The molecule has 2 aliphatic heterocycles. The van der Waals surface area contributed by atoms with Crippen LogP contribution in [0.2, 0.25) is 0 Å². The van der Waals surface area contributed by atoms with Gasteiger partial charge in [0.1, 0.15) is 18.2 Å². The number of phenols is 1. The lowest BCUT2D eigenvalue weighted by molar-refractivity contribution is 0.158. The highest BCUT2D eigenvalue weighted by Gasteiger charge is 2.46. The molecule has 0 unspecified atom stereocenters. The Balaban J connectivity index is 1.35. The molecule has 0 spiro atoms. The van der Waals surface area contributed by atoms with Crippen LogP contribution in [-0.4, -0.2) is 78.4 Å². The summed E-state index contributed by atoms with van der Waals surface area (Å²) < 4.78 is 6.28. The summed E-state index contributed by atoms with van der Waals surface area (Å²) >= 11 is 0. The molecule has 9 nitrogen and oxygen atoms in total. The standard InChI is InChI=1S/C29H35N7O2/c1-34(2)29(9-10-29)19-38-28-32-25-18-35(26-16-22(37)15-20-5-3-4-6-23(20)26)13-8-24(25)27(33-28)36-14-12-31-21(17-36)7-11-30/h3-6,15-16,21,31,37H,7-10,12-14,17-19H2,1-2H3/t21-/m0/s1. The van der Waals surface area contributed by atoms with Gasteiger partial charge in [-0.05, 0) is 44.8 Å². The molecule has 1 aromatic heterocycles. The van der Waals surface area contributed by atoms with E-state index in [0.29, 0.717) is 25.6 Å². The van der Waals surface area contributed by atoms with Crippen LogP contribution in [-0.2, 0) is 13.0 Å². The van der Waals surface area contributed by atoms with Gasteiger partial charge < -0.3 is 29.9 Å². The number of rotatable bonds is 7. The molecule has 9 heteroatoms. The number of piperazine rings is 1. The average Bonchev–Trinajstić information content (AvgIpc) is 3.72. The van der Waals surface area contributed by atoms with Crippen molar-refractivity contribution in [1.82, 2.24) is 20.2 Å². The number of anilines is 2. The minimum absolute atomic E-state index is 0.0683. The zero-order chi connectivity index (χ0) is 26.3. The first-order chi connectivity index (χ1) is 18.5. The van der Waals surface area contributed by atoms with Gasteiger partial charge in [0.25, 0.3) is 0 Å². The number of phenolic OH excluding ortho intramolecular Hbond substituents is 1. The molecule has 2 aromatic carbocycles. The van der Waals surface area contributed by atoms with Crippen LogP contribution >= 0.6 is 0 Å². The van der Waals surface area contributed by atoms with E-state index in [4.69, 9.17) is 14.7 Å². The number of hydrogen-bond acceptors (Lipinski definition) is 9. The number of nitrogens with zero attached hydrogens (tertiary/aromatic N) is 6. The second-order valence-electron chi connectivity index (χ2n) is 11.0. The van der Waals surface area contributed by atoms with Crippen LogP contribution < -0.4 is 19.9 Å². The van der Waals surface area contributed by atoms with Crippen molar-refractivity contribution in [3.05, 3.63) is 47.7 Å². The van der Waals surface area contributed by atoms with Crippen LogP contribution in [0.25, 0.3) is 10.8 Å². The van der Waals surface area contributed by atoms with E-state index in [-0.39, 0.29) is 17.3 Å². The summed E-state index contributed by atoms with van der Waals surface area (Å²) in [6.07, 6.45) is 3.49. The molecule has 0 amide bonds. The molecule has 38 heavy (non-hydrogen) atoms. The lowest BCUT2D eigenvalue weighted by Gasteiger charge is -2.37. The number of aromatic nitrogens is 2. The van der Waals surface area contributed by atoms with Gasteiger partial charge in [0, 0.05) is 54.9 Å². The molecule has 2 fully saturated rings. The highest BCUT2D eigenvalue weighted by Crippen LogP contribution is 2.41. The second-order valence-corrected chi connectivity index (χ2v) is 11.0. The Labute approximate surface area is 223 Å². The predicted molar refractivity (Wildman–Crippen MR) is 148 cm³/mol. The quantitative estimate of drug-likeness (QED) is 0.494. The first-order valence-electron chi connectivity index (χ1n) is 13.5. The molecule has 2 N–H and O–H groups in total. The Kier molecular flexibility index (Phi) is 6.46. The predicted octanol–water partition coefficient (Wildman–Crippen LogP) is 3.06. The summed E-state index contributed by atoms with van der Waals surface area (Å²) in [6, 6.07) is 14.7. The summed E-state index contributed by atoms with van der Waals surface area (Å²) in [4.78, 5) is 16.7. The Bertz CT molecular complexity index is 1380. The van der Waals surface area contributed by atoms with E-state index in [1.54, 1.807) is 0 Å². The summed E-state index contributed by atoms with van der Waals surface area (Å²) in [6.45, 7) is 4.35.